The number of hydrogen-bond acceptors (Lipinski definition) is 3. The summed E-state index contributed by atoms with van der Waals surface area (Å²) in [5.74, 6) is -0.470. The van der Waals surface area contributed by atoms with Crippen LogP contribution in [-0.4, -0.2) is 27.3 Å². The van der Waals surface area contributed by atoms with Crippen molar-refractivity contribution in [3.05, 3.63) is 29.8 Å². The molecule has 2 nitrogen and oxygen atoms in total. The van der Waals surface area contributed by atoms with Gasteiger partial charge in [-0.3, -0.25) is 4.79 Å². The summed E-state index contributed by atoms with van der Waals surface area (Å²) in [6.07, 6.45) is 6.13. The molecule has 1 aliphatic carbocycles. The first-order valence-electron chi connectivity index (χ1n) is 8.47. The molecule has 4 heteroatoms. The normalized spacial score (nSPS) is 22.6. The summed E-state index contributed by atoms with van der Waals surface area (Å²) in [5, 5.41) is 9.96. The lowest BCUT2D eigenvalue weighted by Gasteiger charge is -2.24. The molecular weight excluding hydrogens is 324 g/mol. The highest BCUT2D eigenvalue weighted by Gasteiger charge is 2.26. The van der Waals surface area contributed by atoms with Crippen molar-refractivity contribution in [1.29, 1.82) is 0 Å². The monoisotopic (exact) mass is 352 g/mol. The summed E-state index contributed by atoms with van der Waals surface area (Å²) in [7, 11) is 0. The Labute approximate surface area is 148 Å². The molecule has 1 saturated carbocycles. The molecule has 23 heavy (non-hydrogen) atoms. The minimum atomic E-state index is -0.697. The molecule has 0 unspecified atom stereocenters. The fraction of sp³-hybridized carbons (Fsp3) is 0.632. The smallest absolute Gasteiger partial charge is 0.313 e. The molecule has 1 fully saturated rings. The van der Waals surface area contributed by atoms with Crippen LogP contribution < -0.4 is 0 Å². The number of thioether (sulfide) groups is 2. The van der Waals surface area contributed by atoms with E-state index in [1.165, 1.54) is 36.1 Å². The molecule has 2 rings (SSSR count). The maximum atomic E-state index is 10.9. The van der Waals surface area contributed by atoms with Gasteiger partial charge in [0.05, 0.1) is 5.75 Å². The van der Waals surface area contributed by atoms with Crippen molar-refractivity contribution >= 4 is 29.5 Å². The summed E-state index contributed by atoms with van der Waals surface area (Å²) in [4.78, 5) is 12.2. The second kappa shape index (κ2) is 8.48. The fourth-order valence-electron chi connectivity index (χ4n) is 2.95. The number of hydrogen-bond donors (Lipinski definition) is 1. The molecule has 1 N–H and O–H groups in total. The quantitative estimate of drug-likeness (QED) is 0.700. The van der Waals surface area contributed by atoms with Gasteiger partial charge in [0.2, 0.25) is 0 Å². The Morgan fingerprint density at radius 2 is 1.70 bits per heavy atom. The largest absolute Gasteiger partial charge is 0.481 e. The Bertz CT molecular complexity index is 505. The minimum Gasteiger partial charge on any atom is -0.481 e. The second-order valence-electron chi connectivity index (χ2n) is 7.31. The highest BCUT2D eigenvalue weighted by Crippen LogP contribution is 2.39. The van der Waals surface area contributed by atoms with Gasteiger partial charge in [0.1, 0.15) is 0 Å². The third-order valence-corrected chi connectivity index (χ3v) is 7.31. The van der Waals surface area contributed by atoms with Crippen molar-refractivity contribution < 1.29 is 9.90 Å². The predicted molar refractivity (Wildman–Crippen MR) is 102 cm³/mol. The van der Waals surface area contributed by atoms with Gasteiger partial charge in [-0.05, 0) is 36.0 Å². The number of rotatable bonds is 5. The molecule has 0 bridgehead atoms. The minimum absolute atomic E-state index is 0.186. The number of benzene rings is 1. The Morgan fingerprint density at radius 1 is 1.09 bits per heavy atom. The first-order valence-corrected chi connectivity index (χ1v) is 10.4. The van der Waals surface area contributed by atoms with Crippen molar-refractivity contribution in [2.75, 3.05) is 5.75 Å². The first-order chi connectivity index (χ1) is 10.9. The summed E-state index contributed by atoms with van der Waals surface area (Å²) < 4.78 is 0. The third kappa shape index (κ3) is 6.07. The zero-order valence-electron chi connectivity index (χ0n) is 14.4. The molecule has 1 aliphatic rings. The average Bonchev–Trinajstić information content (AvgIpc) is 2.70. The summed E-state index contributed by atoms with van der Waals surface area (Å²) >= 11 is 3.58. The SMILES string of the molecule is CC(C)(C)c1ccc(S[C@@H]2CCCCC[C@H]2SCC(=O)O)cc1. The van der Waals surface area contributed by atoms with Crippen LogP contribution in [0.15, 0.2) is 29.2 Å². The lowest BCUT2D eigenvalue weighted by molar-refractivity contribution is -0.133. The van der Waals surface area contributed by atoms with Crippen molar-refractivity contribution in [1.82, 2.24) is 0 Å². The van der Waals surface area contributed by atoms with Crippen LogP contribution in [0.1, 0.15) is 58.4 Å². The van der Waals surface area contributed by atoms with Gasteiger partial charge < -0.3 is 5.11 Å². The van der Waals surface area contributed by atoms with E-state index in [-0.39, 0.29) is 11.2 Å². The topological polar surface area (TPSA) is 37.3 Å². The zero-order chi connectivity index (χ0) is 16.9. The van der Waals surface area contributed by atoms with Crippen LogP contribution in [0.25, 0.3) is 0 Å². The van der Waals surface area contributed by atoms with E-state index < -0.39 is 5.97 Å². The van der Waals surface area contributed by atoms with Gasteiger partial charge >= 0.3 is 5.97 Å². The van der Waals surface area contributed by atoms with E-state index in [2.05, 4.69) is 45.0 Å². The fourth-order valence-corrected chi connectivity index (χ4v) is 5.61. The van der Waals surface area contributed by atoms with E-state index in [0.717, 1.165) is 6.42 Å². The standard InChI is InChI=1S/C19H28O2S2/c1-19(2,3)14-9-11-15(12-10-14)23-17-8-6-4-5-7-16(17)22-13-18(20)21/h9-12,16-17H,4-8,13H2,1-3H3,(H,20,21)/t16-,17-/m1/s1. The molecule has 128 valence electrons. The van der Waals surface area contributed by atoms with Crippen LogP contribution in [0.3, 0.4) is 0 Å². The molecule has 0 radical (unpaired) electrons. The van der Waals surface area contributed by atoms with Gasteiger partial charge in [-0.2, -0.15) is 0 Å². The predicted octanol–water partition coefficient (Wildman–Crippen LogP) is 5.60. The number of aliphatic carboxylic acids is 1. The molecule has 2 atom stereocenters. The van der Waals surface area contributed by atoms with Crippen molar-refractivity contribution in [3.8, 4) is 0 Å². The van der Waals surface area contributed by atoms with Crippen molar-refractivity contribution in [3.63, 3.8) is 0 Å². The molecule has 0 spiro atoms. The van der Waals surface area contributed by atoms with Crippen LogP contribution in [0.4, 0.5) is 0 Å². The van der Waals surface area contributed by atoms with Crippen LogP contribution in [-0.2, 0) is 10.2 Å². The van der Waals surface area contributed by atoms with Crippen LogP contribution >= 0.6 is 23.5 Å². The molecule has 1 aromatic carbocycles. The first kappa shape index (κ1) is 18.7. The van der Waals surface area contributed by atoms with Gasteiger partial charge in [0, 0.05) is 15.4 Å². The number of carboxylic acid groups (broad SMARTS) is 1. The van der Waals surface area contributed by atoms with E-state index in [1.54, 1.807) is 11.8 Å². The maximum Gasteiger partial charge on any atom is 0.313 e. The lowest BCUT2D eigenvalue weighted by Crippen LogP contribution is -2.20. The molecule has 0 saturated heterocycles. The van der Waals surface area contributed by atoms with Gasteiger partial charge in [-0.25, -0.2) is 0 Å². The average molecular weight is 353 g/mol. The number of carboxylic acids is 1. The lowest BCUT2D eigenvalue weighted by atomic mass is 9.87. The summed E-state index contributed by atoms with van der Waals surface area (Å²) in [6.45, 7) is 6.71. The van der Waals surface area contributed by atoms with Gasteiger partial charge in [-0.1, -0.05) is 52.2 Å². The third-order valence-electron chi connectivity index (χ3n) is 4.32. The molecular formula is C19H28O2S2. The maximum absolute atomic E-state index is 10.9. The molecule has 0 heterocycles. The van der Waals surface area contributed by atoms with Gasteiger partial charge in [0.25, 0.3) is 0 Å². The van der Waals surface area contributed by atoms with E-state index in [1.807, 2.05) is 11.8 Å². The van der Waals surface area contributed by atoms with Crippen molar-refractivity contribution in [2.45, 2.75) is 73.7 Å². The Balaban J connectivity index is 2.03. The Hall–Kier alpha value is -0.610. The van der Waals surface area contributed by atoms with E-state index >= 15 is 0 Å². The summed E-state index contributed by atoms with van der Waals surface area (Å²) in [6, 6.07) is 8.93. The molecule has 0 amide bonds. The highest BCUT2D eigenvalue weighted by atomic mass is 32.2. The zero-order valence-corrected chi connectivity index (χ0v) is 16.0. The van der Waals surface area contributed by atoms with Crippen LogP contribution in [0.2, 0.25) is 0 Å². The Morgan fingerprint density at radius 3 is 2.26 bits per heavy atom. The van der Waals surface area contributed by atoms with E-state index in [4.69, 9.17) is 5.11 Å². The van der Waals surface area contributed by atoms with Crippen molar-refractivity contribution in [2.24, 2.45) is 0 Å². The van der Waals surface area contributed by atoms with E-state index in [0.29, 0.717) is 10.5 Å². The second-order valence-corrected chi connectivity index (χ2v) is 9.85. The Kier molecular flexibility index (Phi) is 6.90. The summed E-state index contributed by atoms with van der Waals surface area (Å²) in [5.41, 5.74) is 1.55. The van der Waals surface area contributed by atoms with Gasteiger partial charge in [-0.15, -0.1) is 23.5 Å². The molecule has 1 aromatic rings. The molecule has 0 aliphatic heterocycles. The van der Waals surface area contributed by atoms with Gasteiger partial charge in [0.15, 0.2) is 0 Å². The molecule has 0 aromatic heterocycles. The van der Waals surface area contributed by atoms with E-state index in [9.17, 15) is 4.79 Å². The van der Waals surface area contributed by atoms with Crippen LogP contribution in [0, 0.1) is 0 Å². The van der Waals surface area contributed by atoms with Crippen LogP contribution in [0.5, 0.6) is 0 Å². The highest BCUT2D eigenvalue weighted by molar-refractivity contribution is 8.04. The number of carbonyl (C=O) groups is 1.